The average molecular weight is 507 g/mol. The van der Waals surface area contributed by atoms with Gasteiger partial charge in [0.2, 0.25) is 0 Å². The van der Waals surface area contributed by atoms with E-state index >= 15 is 0 Å². The fraction of sp³-hybridized carbons (Fsp3) is 0.462. The van der Waals surface area contributed by atoms with Crippen molar-refractivity contribution in [1.82, 2.24) is 10.2 Å². The second-order valence-corrected chi connectivity index (χ2v) is 8.69. The first-order chi connectivity index (χ1) is 17.0. The lowest BCUT2D eigenvalue weighted by Crippen LogP contribution is -2.29. The second-order valence-electron chi connectivity index (χ2n) is 8.38. The number of carbonyl (C=O) groups excluding carboxylic acids is 2. The maximum absolute atomic E-state index is 11.7. The molecule has 3 N–H and O–H groups in total. The molecule has 0 bridgehead atoms. The van der Waals surface area contributed by atoms with Gasteiger partial charge in [-0.3, -0.25) is 0 Å². The SMILES string of the molecule is O=C(Cl)OCc1ccccc1.O=C(OCc1ccccc1)N1CC[C@@H](CO)C1.OC[C@@H]1CCNC1. The molecule has 1 amide bonds. The maximum atomic E-state index is 11.7. The quantitative estimate of drug-likeness (QED) is 0.511. The van der Waals surface area contributed by atoms with Crippen molar-refractivity contribution in [1.29, 1.82) is 0 Å². The third-order valence-electron chi connectivity index (χ3n) is 5.62. The third kappa shape index (κ3) is 12.0. The summed E-state index contributed by atoms with van der Waals surface area (Å²) in [6, 6.07) is 19.0. The number of amides is 1. The van der Waals surface area contributed by atoms with Gasteiger partial charge >= 0.3 is 11.5 Å². The van der Waals surface area contributed by atoms with Crippen LogP contribution in [-0.4, -0.2) is 66.0 Å². The van der Waals surface area contributed by atoms with Gasteiger partial charge in [0.15, 0.2) is 0 Å². The molecule has 0 aliphatic carbocycles. The molecule has 0 spiro atoms. The Morgan fingerprint density at radius 2 is 1.46 bits per heavy atom. The van der Waals surface area contributed by atoms with Gasteiger partial charge in [-0.15, -0.1) is 0 Å². The molecular weight excluding hydrogens is 472 g/mol. The number of hydrogen-bond acceptors (Lipinski definition) is 7. The molecule has 2 atom stereocenters. The Labute approximate surface area is 211 Å². The number of nitrogens with zero attached hydrogens (tertiary/aromatic N) is 1. The number of halogens is 1. The van der Waals surface area contributed by atoms with Crippen molar-refractivity contribution in [3.8, 4) is 0 Å². The Balaban J connectivity index is 0.000000205. The Bertz CT molecular complexity index is 849. The summed E-state index contributed by atoms with van der Waals surface area (Å²) >= 11 is 4.97. The van der Waals surface area contributed by atoms with Crippen LogP contribution in [0.25, 0.3) is 0 Å². The van der Waals surface area contributed by atoms with Crippen LogP contribution in [0.2, 0.25) is 0 Å². The van der Waals surface area contributed by atoms with Gasteiger partial charge in [-0.1, -0.05) is 60.7 Å². The number of carbonyl (C=O) groups is 2. The van der Waals surface area contributed by atoms with Crippen LogP contribution in [0.4, 0.5) is 9.59 Å². The first-order valence-electron chi connectivity index (χ1n) is 11.8. The maximum Gasteiger partial charge on any atom is 0.410 e. The summed E-state index contributed by atoms with van der Waals surface area (Å²) in [5.41, 5.74) is 1.15. The number of nitrogens with one attached hydrogen (secondary N) is 1. The molecule has 2 aromatic rings. The summed E-state index contributed by atoms with van der Waals surface area (Å²) < 4.78 is 9.76. The third-order valence-corrected chi connectivity index (χ3v) is 5.73. The molecule has 8 nitrogen and oxygen atoms in total. The molecule has 0 radical (unpaired) electrons. The average Bonchev–Trinajstić information content (AvgIpc) is 3.60. The van der Waals surface area contributed by atoms with Gasteiger partial charge in [0.1, 0.15) is 13.2 Å². The summed E-state index contributed by atoms with van der Waals surface area (Å²) in [4.78, 5) is 23.5. The molecule has 2 fully saturated rings. The van der Waals surface area contributed by atoms with Gasteiger partial charge < -0.3 is 29.9 Å². The van der Waals surface area contributed by atoms with E-state index in [0.29, 0.717) is 32.2 Å². The summed E-state index contributed by atoms with van der Waals surface area (Å²) in [6.07, 6.45) is 1.72. The lowest BCUT2D eigenvalue weighted by Gasteiger charge is -2.15. The van der Waals surface area contributed by atoms with Crippen LogP contribution in [0, 0.1) is 11.8 Å². The van der Waals surface area contributed by atoms with Crippen LogP contribution in [0.5, 0.6) is 0 Å². The van der Waals surface area contributed by atoms with Gasteiger partial charge in [0.25, 0.3) is 0 Å². The normalized spacial score (nSPS) is 18.5. The molecule has 2 aliphatic heterocycles. The Morgan fingerprint density at radius 3 is 1.89 bits per heavy atom. The van der Waals surface area contributed by atoms with Crippen molar-refractivity contribution >= 4 is 23.1 Å². The van der Waals surface area contributed by atoms with Gasteiger partial charge in [0.05, 0.1) is 0 Å². The minimum atomic E-state index is -0.770. The molecule has 0 aromatic heterocycles. The van der Waals surface area contributed by atoms with Crippen molar-refractivity contribution in [3.63, 3.8) is 0 Å². The van der Waals surface area contributed by atoms with Crippen LogP contribution in [0.1, 0.15) is 24.0 Å². The molecule has 2 heterocycles. The lowest BCUT2D eigenvalue weighted by molar-refractivity contribution is 0.101. The zero-order valence-electron chi connectivity index (χ0n) is 19.9. The highest BCUT2D eigenvalue weighted by Crippen LogP contribution is 2.16. The van der Waals surface area contributed by atoms with Crippen LogP contribution in [-0.2, 0) is 22.7 Å². The summed E-state index contributed by atoms with van der Waals surface area (Å²) in [5.74, 6) is 0.749. The predicted molar refractivity (Wildman–Crippen MR) is 134 cm³/mol. The zero-order chi connectivity index (χ0) is 25.3. The summed E-state index contributed by atoms with van der Waals surface area (Å²) in [5, 5.41) is 20.7. The van der Waals surface area contributed by atoms with Gasteiger partial charge in [-0.2, -0.15) is 0 Å². The summed E-state index contributed by atoms with van der Waals surface area (Å²) in [7, 11) is 0. The minimum Gasteiger partial charge on any atom is -0.449 e. The van der Waals surface area contributed by atoms with E-state index in [4.69, 9.17) is 26.6 Å². The smallest absolute Gasteiger partial charge is 0.410 e. The fourth-order valence-electron chi connectivity index (χ4n) is 3.54. The molecule has 35 heavy (non-hydrogen) atoms. The van der Waals surface area contributed by atoms with Gasteiger partial charge in [0, 0.05) is 50.4 Å². The molecule has 192 valence electrons. The predicted octanol–water partition coefficient (Wildman–Crippen LogP) is 3.79. The highest BCUT2D eigenvalue weighted by Gasteiger charge is 2.26. The van der Waals surface area contributed by atoms with Gasteiger partial charge in [-0.25, -0.2) is 9.59 Å². The molecule has 9 heteroatoms. The lowest BCUT2D eigenvalue weighted by atomic mass is 10.1. The largest absolute Gasteiger partial charge is 0.449 e. The number of rotatable bonds is 6. The monoisotopic (exact) mass is 506 g/mol. The van der Waals surface area contributed by atoms with E-state index in [2.05, 4.69) is 10.1 Å². The van der Waals surface area contributed by atoms with Gasteiger partial charge in [-0.05, 0) is 36.4 Å². The van der Waals surface area contributed by atoms with Crippen molar-refractivity contribution < 1.29 is 29.3 Å². The molecular formula is C26H35ClN2O6. The van der Waals surface area contributed by atoms with E-state index in [1.807, 2.05) is 60.7 Å². The number of ether oxygens (including phenoxy) is 2. The number of benzene rings is 2. The first-order valence-corrected chi connectivity index (χ1v) is 12.1. The van der Waals surface area contributed by atoms with Crippen molar-refractivity contribution in [3.05, 3.63) is 71.8 Å². The number of hydrogen-bond donors (Lipinski definition) is 3. The molecule has 4 rings (SSSR count). The first kappa shape index (κ1) is 28.6. The topological polar surface area (TPSA) is 108 Å². The molecule has 0 unspecified atom stereocenters. The van der Waals surface area contributed by atoms with Crippen LogP contribution >= 0.6 is 11.6 Å². The van der Waals surface area contributed by atoms with E-state index in [0.717, 1.165) is 37.1 Å². The highest BCUT2D eigenvalue weighted by molar-refractivity contribution is 6.61. The Morgan fingerprint density at radius 1 is 0.886 bits per heavy atom. The molecule has 2 saturated heterocycles. The Hall–Kier alpha value is -2.65. The highest BCUT2D eigenvalue weighted by atomic mass is 35.5. The van der Waals surface area contributed by atoms with Crippen LogP contribution in [0.15, 0.2) is 60.7 Å². The fourth-order valence-corrected chi connectivity index (χ4v) is 3.60. The summed E-state index contributed by atoms with van der Waals surface area (Å²) in [6.45, 7) is 4.42. The van der Waals surface area contributed by atoms with E-state index in [9.17, 15) is 9.59 Å². The minimum absolute atomic E-state index is 0.141. The molecule has 0 saturated carbocycles. The molecule has 2 aliphatic rings. The van der Waals surface area contributed by atoms with E-state index in [-0.39, 0.29) is 25.2 Å². The Kier molecular flexibility index (Phi) is 13.8. The van der Waals surface area contributed by atoms with Crippen molar-refractivity contribution in [2.24, 2.45) is 11.8 Å². The zero-order valence-corrected chi connectivity index (χ0v) is 20.6. The number of aliphatic hydroxyl groups excluding tert-OH is 2. The number of likely N-dealkylation sites (tertiary alicyclic amines) is 1. The van der Waals surface area contributed by atoms with Crippen LogP contribution < -0.4 is 5.32 Å². The van der Waals surface area contributed by atoms with Crippen LogP contribution in [0.3, 0.4) is 0 Å². The van der Waals surface area contributed by atoms with Crippen molar-refractivity contribution in [2.75, 3.05) is 39.4 Å². The standard InChI is InChI=1S/C13H17NO3.C8H7ClO2.C5H11NO/c15-9-12-6-7-14(8-12)13(16)17-10-11-4-2-1-3-5-11;9-8(10)11-6-7-4-2-1-3-5-7;7-4-5-1-2-6-3-5/h1-5,12,15H,6-10H2;1-5H,6H2;5-7H,1-4H2/t12-;;5-/m1.1/s1. The number of aliphatic hydroxyl groups is 2. The van der Waals surface area contributed by atoms with E-state index < -0.39 is 5.43 Å². The second kappa shape index (κ2) is 16.9. The van der Waals surface area contributed by atoms with E-state index in [1.165, 1.54) is 0 Å². The van der Waals surface area contributed by atoms with Crippen molar-refractivity contribution in [2.45, 2.75) is 26.1 Å². The molecule has 2 aromatic carbocycles. The van der Waals surface area contributed by atoms with E-state index in [1.54, 1.807) is 4.90 Å².